The molecule has 0 aliphatic rings. The van der Waals surface area contributed by atoms with Crippen LogP contribution in [0.1, 0.15) is 5.56 Å². The molecule has 2 N–H and O–H groups in total. The van der Waals surface area contributed by atoms with Gasteiger partial charge in [0.2, 0.25) is 0 Å². The average molecular weight is 253 g/mol. The van der Waals surface area contributed by atoms with Crippen molar-refractivity contribution >= 4 is 34.9 Å². The first-order chi connectivity index (χ1) is 6.88. The highest BCUT2D eigenvalue weighted by atomic mass is 35.5. The molecule has 0 saturated carbocycles. The first-order valence-electron chi connectivity index (χ1n) is 3.86. The molecule has 0 bridgehead atoms. The number of H-pyrrole nitrogens is 2. The maximum absolute atomic E-state index is 12.4. The second kappa shape index (κ2) is 3.24. The first kappa shape index (κ1) is 10.5. The van der Waals surface area contributed by atoms with E-state index in [-0.39, 0.29) is 15.3 Å². The van der Waals surface area contributed by atoms with Gasteiger partial charge >= 0.3 is 6.18 Å². The zero-order valence-corrected chi connectivity index (χ0v) is 8.65. The molecule has 2 aromatic rings. The summed E-state index contributed by atoms with van der Waals surface area (Å²) in [6.45, 7) is 0. The van der Waals surface area contributed by atoms with E-state index >= 15 is 0 Å². The van der Waals surface area contributed by atoms with Crippen LogP contribution < -0.4 is 0 Å². The van der Waals surface area contributed by atoms with Crippen LogP contribution in [0, 0.1) is 4.77 Å². The molecule has 0 aliphatic carbocycles. The topological polar surface area (TPSA) is 31.6 Å². The lowest BCUT2D eigenvalue weighted by molar-refractivity contribution is -0.137. The quantitative estimate of drug-likeness (QED) is 0.685. The highest BCUT2D eigenvalue weighted by Gasteiger charge is 2.33. The Morgan fingerprint density at radius 1 is 1.13 bits per heavy atom. The van der Waals surface area contributed by atoms with Crippen LogP contribution in [0.15, 0.2) is 12.1 Å². The molecule has 2 rings (SSSR count). The fraction of sp³-hybridized carbons (Fsp3) is 0.125. The number of halogens is 4. The van der Waals surface area contributed by atoms with Crippen LogP contribution in [-0.4, -0.2) is 9.97 Å². The van der Waals surface area contributed by atoms with E-state index in [9.17, 15) is 13.2 Å². The largest absolute Gasteiger partial charge is 0.417 e. The molecule has 0 amide bonds. The molecule has 7 heteroatoms. The molecule has 1 aromatic heterocycles. The summed E-state index contributed by atoms with van der Waals surface area (Å²) in [7, 11) is 0. The Morgan fingerprint density at radius 2 is 1.67 bits per heavy atom. The summed E-state index contributed by atoms with van der Waals surface area (Å²) >= 11 is 10.3. The number of rotatable bonds is 0. The Bertz CT molecular complexity index is 569. The van der Waals surface area contributed by atoms with E-state index < -0.39 is 11.7 Å². The lowest BCUT2D eigenvalue weighted by Gasteiger charge is -2.08. The summed E-state index contributed by atoms with van der Waals surface area (Å²) in [5.41, 5.74) is -0.128. The minimum atomic E-state index is -4.46. The van der Waals surface area contributed by atoms with E-state index in [0.717, 1.165) is 6.07 Å². The Balaban J connectivity index is 2.77. The van der Waals surface area contributed by atoms with Gasteiger partial charge in [-0.1, -0.05) is 11.6 Å². The lowest BCUT2D eigenvalue weighted by Crippen LogP contribution is -2.05. The van der Waals surface area contributed by atoms with Gasteiger partial charge in [0.1, 0.15) is 0 Å². The summed E-state index contributed by atoms with van der Waals surface area (Å²) in [4.78, 5) is 5.28. The van der Waals surface area contributed by atoms with Gasteiger partial charge in [0.25, 0.3) is 0 Å². The van der Waals surface area contributed by atoms with Crippen molar-refractivity contribution in [1.29, 1.82) is 0 Å². The van der Waals surface area contributed by atoms with Crippen LogP contribution in [-0.2, 0) is 6.18 Å². The molecule has 0 atom stereocenters. The van der Waals surface area contributed by atoms with E-state index in [1.54, 1.807) is 0 Å². The van der Waals surface area contributed by atoms with E-state index in [1.807, 2.05) is 0 Å². The van der Waals surface area contributed by atoms with Gasteiger partial charge in [-0.15, -0.1) is 0 Å². The van der Waals surface area contributed by atoms with Gasteiger partial charge in [0.15, 0.2) is 4.77 Å². The van der Waals surface area contributed by atoms with Gasteiger partial charge in [-0.25, -0.2) is 0 Å². The second-order valence-electron chi connectivity index (χ2n) is 2.95. The van der Waals surface area contributed by atoms with Crippen LogP contribution in [0.2, 0.25) is 5.02 Å². The van der Waals surface area contributed by atoms with Crippen molar-refractivity contribution in [2.24, 2.45) is 0 Å². The van der Waals surface area contributed by atoms with Gasteiger partial charge in [0, 0.05) is 0 Å². The summed E-state index contributed by atoms with van der Waals surface area (Å²) in [5, 5.41) is -0.347. The van der Waals surface area contributed by atoms with Gasteiger partial charge in [-0.2, -0.15) is 13.2 Å². The van der Waals surface area contributed by atoms with Crippen molar-refractivity contribution in [3.05, 3.63) is 27.5 Å². The number of aromatic nitrogens is 2. The van der Waals surface area contributed by atoms with Crippen molar-refractivity contribution in [1.82, 2.24) is 9.97 Å². The third-order valence-corrected chi connectivity index (χ3v) is 2.43. The van der Waals surface area contributed by atoms with Crippen molar-refractivity contribution in [3.8, 4) is 0 Å². The predicted molar refractivity (Wildman–Crippen MR) is 53.5 cm³/mol. The number of aromatic amines is 2. The lowest BCUT2D eigenvalue weighted by atomic mass is 10.2. The van der Waals surface area contributed by atoms with E-state index in [2.05, 4.69) is 9.97 Å². The van der Waals surface area contributed by atoms with Crippen molar-refractivity contribution in [2.45, 2.75) is 6.18 Å². The van der Waals surface area contributed by atoms with Crippen molar-refractivity contribution in [2.75, 3.05) is 0 Å². The monoisotopic (exact) mass is 252 g/mol. The maximum atomic E-state index is 12.4. The predicted octanol–water partition coefficient (Wildman–Crippen LogP) is 3.90. The SMILES string of the molecule is FC(F)(F)c1cc2[nH]c(=S)[nH]c2cc1Cl. The summed E-state index contributed by atoms with van der Waals surface area (Å²) in [6, 6.07) is 2.13. The molecule has 0 spiro atoms. The second-order valence-corrected chi connectivity index (χ2v) is 3.77. The number of nitrogens with one attached hydrogen (secondary N) is 2. The van der Waals surface area contributed by atoms with Crippen LogP contribution in [0.4, 0.5) is 13.2 Å². The first-order valence-corrected chi connectivity index (χ1v) is 4.65. The normalized spacial score (nSPS) is 12.3. The van der Waals surface area contributed by atoms with E-state index in [1.165, 1.54) is 6.07 Å². The highest BCUT2D eigenvalue weighted by molar-refractivity contribution is 7.71. The molecule has 15 heavy (non-hydrogen) atoms. The third kappa shape index (κ3) is 1.87. The zero-order valence-electron chi connectivity index (χ0n) is 7.07. The molecule has 0 radical (unpaired) electrons. The summed E-state index contributed by atoms with van der Waals surface area (Å²) in [5.74, 6) is 0. The average Bonchev–Trinajstić information content (AvgIpc) is 2.40. The number of hydrogen-bond acceptors (Lipinski definition) is 1. The van der Waals surface area contributed by atoms with Gasteiger partial charge in [-0.05, 0) is 24.4 Å². The van der Waals surface area contributed by atoms with Crippen LogP contribution in [0.5, 0.6) is 0 Å². The standard InChI is InChI=1S/C8H4ClF3N2S/c9-4-2-6-5(13-7(15)14-6)1-3(4)8(10,11)12/h1-2H,(H2,13,14,15). The fourth-order valence-corrected chi connectivity index (χ4v) is 1.76. The summed E-state index contributed by atoms with van der Waals surface area (Å²) in [6.07, 6.45) is -4.46. The number of benzene rings is 1. The fourth-order valence-electron chi connectivity index (χ4n) is 1.27. The van der Waals surface area contributed by atoms with E-state index in [4.69, 9.17) is 23.8 Å². The number of imidazole rings is 1. The number of alkyl halides is 3. The smallest absolute Gasteiger partial charge is 0.331 e. The molecule has 0 aliphatic heterocycles. The van der Waals surface area contributed by atoms with Crippen molar-refractivity contribution in [3.63, 3.8) is 0 Å². The van der Waals surface area contributed by atoms with Gasteiger partial charge in [-0.3, -0.25) is 0 Å². The Labute approximate surface area is 92.1 Å². The molecular weight excluding hydrogens is 249 g/mol. The molecule has 0 saturated heterocycles. The molecule has 1 heterocycles. The van der Waals surface area contributed by atoms with Crippen LogP contribution in [0.3, 0.4) is 0 Å². The number of fused-ring (bicyclic) bond motifs is 1. The number of hydrogen-bond donors (Lipinski definition) is 2. The van der Waals surface area contributed by atoms with Gasteiger partial charge in [0.05, 0.1) is 21.6 Å². The van der Waals surface area contributed by atoms with Gasteiger partial charge < -0.3 is 9.97 Å². The molecule has 1 aromatic carbocycles. The summed E-state index contributed by atoms with van der Waals surface area (Å²) < 4.78 is 37.6. The molecule has 0 unspecified atom stereocenters. The maximum Gasteiger partial charge on any atom is 0.417 e. The van der Waals surface area contributed by atoms with E-state index in [0.29, 0.717) is 5.52 Å². The minimum Gasteiger partial charge on any atom is -0.331 e. The Hall–Kier alpha value is -1.01. The Morgan fingerprint density at radius 3 is 2.20 bits per heavy atom. The molecular formula is C8H4ClF3N2S. The molecule has 0 fully saturated rings. The highest BCUT2D eigenvalue weighted by Crippen LogP contribution is 2.36. The third-order valence-electron chi connectivity index (χ3n) is 1.91. The zero-order chi connectivity index (χ0) is 11.2. The minimum absolute atomic E-state index is 0.264. The Kier molecular flexibility index (Phi) is 2.27. The van der Waals surface area contributed by atoms with Crippen LogP contribution >= 0.6 is 23.8 Å². The van der Waals surface area contributed by atoms with Crippen molar-refractivity contribution < 1.29 is 13.2 Å². The molecule has 2 nitrogen and oxygen atoms in total. The van der Waals surface area contributed by atoms with Crippen LogP contribution in [0.25, 0.3) is 11.0 Å². The molecule has 80 valence electrons.